The fourth-order valence-corrected chi connectivity index (χ4v) is 4.55. The predicted molar refractivity (Wildman–Crippen MR) is 107 cm³/mol. The monoisotopic (exact) mass is 375 g/mol. The molecule has 2 aromatic heterocycles. The molecule has 5 rings (SSSR count). The highest BCUT2D eigenvalue weighted by molar-refractivity contribution is 7.10. The number of thiophene rings is 1. The highest BCUT2D eigenvalue weighted by Gasteiger charge is 2.22. The summed E-state index contributed by atoms with van der Waals surface area (Å²) in [5.41, 5.74) is 1.70. The molecule has 3 heterocycles. The summed E-state index contributed by atoms with van der Waals surface area (Å²) < 4.78 is 1.42. The lowest BCUT2D eigenvalue weighted by molar-refractivity contribution is -0.132. The molecule has 1 aliphatic heterocycles. The van der Waals surface area contributed by atoms with Crippen molar-refractivity contribution in [2.24, 2.45) is 0 Å². The van der Waals surface area contributed by atoms with Gasteiger partial charge in [0.15, 0.2) is 0 Å². The molecule has 0 saturated carbocycles. The summed E-state index contributed by atoms with van der Waals surface area (Å²) in [6, 6.07) is 13.7. The zero-order valence-electron chi connectivity index (χ0n) is 14.6. The lowest BCUT2D eigenvalue weighted by Crippen LogP contribution is -2.39. The molecule has 1 aliphatic rings. The summed E-state index contributed by atoms with van der Waals surface area (Å²) in [4.78, 5) is 33.2. The maximum absolute atomic E-state index is 12.9. The van der Waals surface area contributed by atoms with Crippen LogP contribution in [0.25, 0.3) is 21.7 Å². The van der Waals surface area contributed by atoms with E-state index in [1.807, 2.05) is 41.3 Å². The first kappa shape index (κ1) is 16.2. The minimum atomic E-state index is -0.174. The fraction of sp³-hybridized carbons (Fsp3) is 0.190. The molecule has 0 unspecified atom stereocenters. The molecule has 0 fully saturated rings. The molecule has 134 valence electrons. The molecule has 0 N–H and O–H groups in total. The van der Waals surface area contributed by atoms with Gasteiger partial charge in [0.2, 0.25) is 5.91 Å². The predicted octanol–water partition coefficient (Wildman–Crippen LogP) is 3.20. The van der Waals surface area contributed by atoms with Gasteiger partial charge in [-0.05, 0) is 46.3 Å². The van der Waals surface area contributed by atoms with Crippen molar-refractivity contribution < 1.29 is 4.79 Å². The normalized spacial score (nSPS) is 13.9. The molecule has 4 aromatic rings. The number of nitrogens with zero attached hydrogens (tertiary/aromatic N) is 3. The zero-order chi connectivity index (χ0) is 18.4. The lowest BCUT2D eigenvalue weighted by atomic mass is 10.1. The third-order valence-corrected chi connectivity index (χ3v) is 6.18. The van der Waals surface area contributed by atoms with Crippen molar-refractivity contribution in [2.45, 2.75) is 19.5 Å². The number of hydrogen-bond acceptors (Lipinski definition) is 4. The van der Waals surface area contributed by atoms with E-state index in [-0.39, 0.29) is 18.0 Å². The van der Waals surface area contributed by atoms with Crippen molar-refractivity contribution in [3.05, 3.63) is 75.0 Å². The summed E-state index contributed by atoms with van der Waals surface area (Å²) in [5, 5.41) is 4.66. The number of hydrogen-bond donors (Lipinski definition) is 0. The van der Waals surface area contributed by atoms with Crippen LogP contribution in [-0.2, 0) is 24.3 Å². The molecule has 6 heteroatoms. The number of aromatic nitrogens is 2. The van der Waals surface area contributed by atoms with Crippen LogP contribution in [0.1, 0.15) is 10.4 Å². The number of benzene rings is 2. The molecule has 0 radical (unpaired) electrons. The quantitative estimate of drug-likeness (QED) is 0.506. The number of rotatable bonds is 2. The number of fused-ring (bicyclic) bond motifs is 3. The lowest BCUT2D eigenvalue weighted by Gasteiger charge is -2.27. The van der Waals surface area contributed by atoms with Crippen molar-refractivity contribution in [3.63, 3.8) is 0 Å². The van der Waals surface area contributed by atoms with Crippen molar-refractivity contribution in [2.75, 3.05) is 6.54 Å². The van der Waals surface area contributed by atoms with Gasteiger partial charge in [-0.25, -0.2) is 4.98 Å². The second-order valence-electron chi connectivity index (χ2n) is 6.83. The molecular formula is C21H17N3O2S. The molecule has 0 bridgehead atoms. The Morgan fingerprint density at radius 1 is 1.15 bits per heavy atom. The Labute approximate surface area is 159 Å². The van der Waals surface area contributed by atoms with Crippen LogP contribution < -0.4 is 5.56 Å². The van der Waals surface area contributed by atoms with E-state index in [0.717, 1.165) is 17.2 Å². The summed E-state index contributed by atoms with van der Waals surface area (Å²) >= 11 is 1.74. The third kappa shape index (κ3) is 2.82. The Bertz CT molecular complexity index is 1240. The first-order valence-corrected chi connectivity index (χ1v) is 9.78. The Balaban J connectivity index is 1.46. The number of carbonyl (C=O) groups excluding carboxylic acids is 1. The highest BCUT2D eigenvalue weighted by atomic mass is 32.1. The highest BCUT2D eigenvalue weighted by Crippen LogP contribution is 2.24. The van der Waals surface area contributed by atoms with Gasteiger partial charge in [0.25, 0.3) is 5.56 Å². The maximum atomic E-state index is 12.9. The topological polar surface area (TPSA) is 55.2 Å². The van der Waals surface area contributed by atoms with Crippen LogP contribution in [0.3, 0.4) is 0 Å². The maximum Gasteiger partial charge on any atom is 0.261 e. The fourth-order valence-electron chi connectivity index (χ4n) is 3.67. The third-order valence-electron chi connectivity index (χ3n) is 5.16. The summed E-state index contributed by atoms with van der Waals surface area (Å²) in [5.74, 6) is -0.0455. The molecule has 5 nitrogen and oxygen atoms in total. The van der Waals surface area contributed by atoms with E-state index in [4.69, 9.17) is 0 Å². The van der Waals surface area contributed by atoms with Gasteiger partial charge in [0.1, 0.15) is 6.54 Å². The number of amides is 1. The van der Waals surface area contributed by atoms with E-state index >= 15 is 0 Å². The molecule has 1 amide bonds. The molecule has 27 heavy (non-hydrogen) atoms. The first-order valence-electron chi connectivity index (χ1n) is 8.90. The van der Waals surface area contributed by atoms with Crippen LogP contribution in [-0.4, -0.2) is 26.9 Å². The Kier molecular flexibility index (Phi) is 3.79. The van der Waals surface area contributed by atoms with Gasteiger partial charge in [0.05, 0.1) is 17.2 Å². The van der Waals surface area contributed by atoms with E-state index in [9.17, 15) is 9.59 Å². The average Bonchev–Trinajstić information content (AvgIpc) is 3.17. The minimum absolute atomic E-state index is 0.0219. The Morgan fingerprint density at radius 3 is 2.81 bits per heavy atom. The van der Waals surface area contributed by atoms with Crippen LogP contribution in [0, 0.1) is 0 Å². The first-order chi connectivity index (χ1) is 13.2. The van der Waals surface area contributed by atoms with Crippen LogP contribution in [0.4, 0.5) is 0 Å². The largest absolute Gasteiger partial charge is 0.336 e. The summed E-state index contributed by atoms with van der Waals surface area (Å²) in [6.07, 6.45) is 2.37. The average molecular weight is 375 g/mol. The van der Waals surface area contributed by atoms with Gasteiger partial charge >= 0.3 is 0 Å². The zero-order valence-corrected chi connectivity index (χ0v) is 15.4. The molecule has 0 saturated heterocycles. The molecular weight excluding hydrogens is 358 g/mol. The van der Waals surface area contributed by atoms with Crippen LogP contribution in [0.5, 0.6) is 0 Å². The van der Waals surface area contributed by atoms with E-state index in [1.165, 1.54) is 21.3 Å². The summed E-state index contributed by atoms with van der Waals surface area (Å²) in [7, 11) is 0. The van der Waals surface area contributed by atoms with Gasteiger partial charge in [-0.3, -0.25) is 14.2 Å². The van der Waals surface area contributed by atoms with Gasteiger partial charge in [0, 0.05) is 18.0 Å². The van der Waals surface area contributed by atoms with Crippen molar-refractivity contribution in [1.82, 2.24) is 14.5 Å². The summed E-state index contributed by atoms with van der Waals surface area (Å²) in [6.45, 7) is 1.35. The van der Waals surface area contributed by atoms with Crippen molar-refractivity contribution in [1.29, 1.82) is 0 Å². The molecule has 0 spiro atoms. The smallest absolute Gasteiger partial charge is 0.261 e. The Hall–Kier alpha value is -2.99. The number of carbonyl (C=O) groups is 1. The second kappa shape index (κ2) is 6.32. The Morgan fingerprint density at radius 2 is 1.96 bits per heavy atom. The van der Waals surface area contributed by atoms with Gasteiger partial charge in [-0.2, -0.15) is 0 Å². The van der Waals surface area contributed by atoms with Crippen LogP contribution in [0.15, 0.2) is 59.0 Å². The minimum Gasteiger partial charge on any atom is -0.336 e. The van der Waals surface area contributed by atoms with Crippen LogP contribution >= 0.6 is 11.3 Å². The van der Waals surface area contributed by atoms with Gasteiger partial charge in [-0.1, -0.05) is 24.3 Å². The van der Waals surface area contributed by atoms with Crippen molar-refractivity contribution in [3.8, 4) is 0 Å². The van der Waals surface area contributed by atoms with Gasteiger partial charge < -0.3 is 4.90 Å². The van der Waals surface area contributed by atoms with E-state index < -0.39 is 0 Å². The van der Waals surface area contributed by atoms with E-state index in [1.54, 1.807) is 11.3 Å². The van der Waals surface area contributed by atoms with E-state index in [2.05, 4.69) is 16.4 Å². The molecule has 0 aliphatic carbocycles. The molecule has 2 aromatic carbocycles. The SMILES string of the molecule is O=C(Cn1cnc2cc3ccccc3cc2c1=O)N1CCc2sccc2C1. The van der Waals surface area contributed by atoms with E-state index in [0.29, 0.717) is 24.0 Å². The second-order valence-corrected chi connectivity index (χ2v) is 7.83. The van der Waals surface area contributed by atoms with Crippen LogP contribution in [0.2, 0.25) is 0 Å². The van der Waals surface area contributed by atoms with Gasteiger partial charge in [-0.15, -0.1) is 11.3 Å². The van der Waals surface area contributed by atoms with Crippen molar-refractivity contribution >= 4 is 38.9 Å². The standard InChI is InChI=1S/C21H17N3O2S/c25-20(23-7-5-19-16(11-23)6-8-27-19)12-24-13-22-18-10-15-4-2-1-3-14(15)9-17(18)21(24)26/h1-4,6,8-10,13H,5,7,11-12H2. The molecule has 0 atom stereocenters.